The molecule has 1 saturated carbocycles. The van der Waals surface area contributed by atoms with Gasteiger partial charge in [0, 0.05) is 6.04 Å². The highest BCUT2D eigenvalue weighted by atomic mass is 35.5. The molecular formula is C14H16ClF3N2O. The fourth-order valence-corrected chi connectivity index (χ4v) is 2.81. The summed E-state index contributed by atoms with van der Waals surface area (Å²) in [7, 11) is 0. The number of alkyl halides is 3. The van der Waals surface area contributed by atoms with Gasteiger partial charge in [0.05, 0.1) is 22.2 Å². The van der Waals surface area contributed by atoms with E-state index in [4.69, 9.17) is 17.3 Å². The standard InChI is InChI=1S/C14H16ClF3N2O/c15-10-6-3-5-9(14(16,17)18)12(10)20-13(21)8-4-1-2-7-11(8)19/h3,5-6,8,11H,1-2,4,7,19H2,(H,20,21). The van der Waals surface area contributed by atoms with Crippen LogP contribution >= 0.6 is 11.6 Å². The Labute approximate surface area is 125 Å². The molecule has 1 aromatic carbocycles. The predicted octanol–water partition coefficient (Wildman–Crippen LogP) is 3.81. The Balaban J connectivity index is 2.25. The Hall–Kier alpha value is -1.27. The Morgan fingerprint density at radius 3 is 2.57 bits per heavy atom. The van der Waals surface area contributed by atoms with Crippen LogP contribution in [0.3, 0.4) is 0 Å². The van der Waals surface area contributed by atoms with Gasteiger partial charge in [-0.05, 0) is 25.0 Å². The van der Waals surface area contributed by atoms with Gasteiger partial charge < -0.3 is 11.1 Å². The highest BCUT2D eigenvalue weighted by Crippen LogP contribution is 2.39. The molecule has 2 unspecified atom stereocenters. The fraction of sp³-hybridized carbons (Fsp3) is 0.500. The lowest BCUT2D eigenvalue weighted by Crippen LogP contribution is -2.41. The van der Waals surface area contributed by atoms with Crippen LogP contribution in [0.25, 0.3) is 0 Å². The lowest BCUT2D eigenvalue weighted by Gasteiger charge is -2.28. The first-order valence-electron chi connectivity index (χ1n) is 6.73. The van der Waals surface area contributed by atoms with Crippen molar-refractivity contribution in [2.45, 2.75) is 37.9 Å². The van der Waals surface area contributed by atoms with Gasteiger partial charge in [0.1, 0.15) is 0 Å². The van der Waals surface area contributed by atoms with Gasteiger partial charge in [0.15, 0.2) is 0 Å². The molecule has 0 radical (unpaired) electrons. The second-order valence-electron chi connectivity index (χ2n) is 5.20. The third kappa shape index (κ3) is 3.68. The van der Waals surface area contributed by atoms with Crippen LogP contribution < -0.4 is 11.1 Å². The maximum atomic E-state index is 13.0. The summed E-state index contributed by atoms with van der Waals surface area (Å²) >= 11 is 5.81. The summed E-state index contributed by atoms with van der Waals surface area (Å²) < 4.78 is 38.9. The van der Waals surface area contributed by atoms with E-state index in [1.54, 1.807) is 0 Å². The minimum absolute atomic E-state index is 0.137. The predicted molar refractivity (Wildman–Crippen MR) is 75.0 cm³/mol. The molecule has 1 aromatic rings. The summed E-state index contributed by atoms with van der Waals surface area (Å²) in [5.41, 5.74) is 4.53. The minimum atomic E-state index is -4.58. The molecule has 3 nitrogen and oxygen atoms in total. The second kappa shape index (κ2) is 6.23. The number of anilines is 1. The summed E-state index contributed by atoms with van der Waals surface area (Å²) in [6.45, 7) is 0. The molecule has 116 valence electrons. The van der Waals surface area contributed by atoms with Crippen molar-refractivity contribution in [3.63, 3.8) is 0 Å². The van der Waals surface area contributed by atoms with E-state index in [-0.39, 0.29) is 11.1 Å². The van der Waals surface area contributed by atoms with Crippen LogP contribution in [0.5, 0.6) is 0 Å². The molecule has 1 amide bonds. The SMILES string of the molecule is NC1CCCCC1C(=O)Nc1c(Cl)cccc1C(F)(F)F. The lowest BCUT2D eigenvalue weighted by molar-refractivity contribution is -0.137. The van der Waals surface area contributed by atoms with Crippen LogP contribution in [0.15, 0.2) is 18.2 Å². The largest absolute Gasteiger partial charge is 0.418 e. The number of nitrogens with two attached hydrogens (primary N) is 1. The van der Waals surface area contributed by atoms with Gasteiger partial charge in [0.25, 0.3) is 0 Å². The molecule has 0 heterocycles. The quantitative estimate of drug-likeness (QED) is 0.870. The van der Waals surface area contributed by atoms with Crippen molar-refractivity contribution < 1.29 is 18.0 Å². The monoisotopic (exact) mass is 320 g/mol. The summed E-state index contributed by atoms with van der Waals surface area (Å²) in [5, 5.41) is 2.18. The van der Waals surface area contributed by atoms with Crippen molar-refractivity contribution in [2.24, 2.45) is 11.7 Å². The molecule has 1 aliphatic rings. The average Bonchev–Trinajstić information content (AvgIpc) is 2.40. The Morgan fingerprint density at radius 2 is 1.95 bits per heavy atom. The molecule has 0 bridgehead atoms. The number of nitrogens with one attached hydrogen (secondary N) is 1. The van der Waals surface area contributed by atoms with Crippen LogP contribution in [-0.4, -0.2) is 11.9 Å². The molecule has 0 spiro atoms. The lowest BCUT2D eigenvalue weighted by atomic mass is 9.84. The van der Waals surface area contributed by atoms with E-state index in [1.165, 1.54) is 12.1 Å². The van der Waals surface area contributed by atoms with Gasteiger partial charge in [-0.2, -0.15) is 13.2 Å². The van der Waals surface area contributed by atoms with Crippen molar-refractivity contribution in [1.82, 2.24) is 0 Å². The smallest absolute Gasteiger partial charge is 0.327 e. The first-order chi connectivity index (χ1) is 9.80. The molecule has 2 atom stereocenters. The molecule has 21 heavy (non-hydrogen) atoms. The van der Waals surface area contributed by atoms with E-state index in [1.807, 2.05) is 0 Å². The molecule has 0 saturated heterocycles. The van der Waals surface area contributed by atoms with Crippen LogP contribution in [0, 0.1) is 5.92 Å². The normalized spacial score (nSPS) is 22.9. The molecule has 1 fully saturated rings. The van der Waals surface area contributed by atoms with Crippen LogP contribution in [-0.2, 0) is 11.0 Å². The number of para-hydroxylation sites is 1. The van der Waals surface area contributed by atoms with Crippen molar-refractivity contribution >= 4 is 23.2 Å². The van der Waals surface area contributed by atoms with Crippen molar-refractivity contribution in [3.05, 3.63) is 28.8 Å². The molecular weight excluding hydrogens is 305 g/mol. The third-order valence-corrected chi connectivity index (χ3v) is 4.04. The van der Waals surface area contributed by atoms with Gasteiger partial charge in [-0.1, -0.05) is 30.5 Å². The van der Waals surface area contributed by atoms with Crippen LogP contribution in [0.4, 0.5) is 18.9 Å². The molecule has 0 aliphatic heterocycles. The zero-order chi connectivity index (χ0) is 15.6. The van der Waals surface area contributed by atoms with Crippen LogP contribution in [0.1, 0.15) is 31.2 Å². The summed E-state index contributed by atoms with van der Waals surface area (Å²) in [6.07, 6.45) is -1.51. The fourth-order valence-electron chi connectivity index (χ4n) is 2.59. The maximum absolute atomic E-state index is 13.0. The number of rotatable bonds is 2. The maximum Gasteiger partial charge on any atom is 0.418 e. The highest BCUT2D eigenvalue weighted by Gasteiger charge is 2.36. The number of hydrogen-bond donors (Lipinski definition) is 2. The zero-order valence-electron chi connectivity index (χ0n) is 11.2. The number of carbonyl (C=O) groups is 1. The number of hydrogen-bond acceptors (Lipinski definition) is 2. The van der Waals surface area contributed by atoms with Crippen LogP contribution in [0.2, 0.25) is 5.02 Å². The third-order valence-electron chi connectivity index (χ3n) is 3.72. The first kappa shape index (κ1) is 16.1. The molecule has 2 rings (SSSR count). The number of benzene rings is 1. The van der Waals surface area contributed by atoms with E-state index < -0.39 is 29.3 Å². The summed E-state index contributed by atoms with van der Waals surface area (Å²) in [6, 6.07) is 3.08. The van der Waals surface area contributed by atoms with E-state index in [0.29, 0.717) is 12.8 Å². The van der Waals surface area contributed by atoms with Gasteiger partial charge in [0.2, 0.25) is 5.91 Å². The number of amides is 1. The van der Waals surface area contributed by atoms with Crippen molar-refractivity contribution in [3.8, 4) is 0 Å². The van der Waals surface area contributed by atoms with E-state index >= 15 is 0 Å². The van der Waals surface area contributed by atoms with Gasteiger partial charge in [-0.25, -0.2) is 0 Å². The zero-order valence-corrected chi connectivity index (χ0v) is 12.0. The van der Waals surface area contributed by atoms with E-state index in [9.17, 15) is 18.0 Å². The van der Waals surface area contributed by atoms with E-state index in [0.717, 1.165) is 18.9 Å². The molecule has 1 aliphatic carbocycles. The Kier molecular flexibility index (Phi) is 4.78. The van der Waals surface area contributed by atoms with Gasteiger partial charge in [-0.15, -0.1) is 0 Å². The number of carbonyl (C=O) groups excluding carboxylic acids is 1. The summed E-state index contributed by atoms with van der Waals surface area (Å²) in [4.78, 5) is 12.2. The minimum Gasteiger partial charge on any atom is -0.327 e. The van der Waals surface area contributed by atoms with Crippen molar-refractivity contribution in [2.75, 3.05) is 5.32 Å². The molecule has 7 heteroatoms. The summed E-state index contributed by atoms with van der Waals surface area (Å²) in [5.74, 6) is -0.975. The van der Waals surface area contributed by atoms with E-state index in [2.05, 4.69) is 5.32 Å². The number of halogens is 4. The highest BCUT2D eigenvalue weighted by molar-refractivity contribution is 6.34. The second-order valence-corrected chi connectivity index (χ2v) is 5.61. The molecule has 0 aromatic heterocycles. The molecule has 3 N–H and O–H groups in total. The topological polar surface area (TPSA) is 55.1 Å². The Bertz CT molecular complexity index is 533. The Morgan fingerprint density at radius 1 is 1.29 bits per heavy atom. The first-order valence-corrected chi connectivity index (χ1v) is 7.10. The average molecular weight is 321 g/mol. The van der Waals surface area contributed by atoms with Gasteiger partial charge >= 0.3 is 6.18 Å². The van der Waals surface area contributed by atoms with Gasteiger partial charge in [-0.3, -0.25) is 4.79 Å². The van der Waals surface area contributed by atoms with Crippen molar-refractivity contribution in [1.29, 1.82) is 0 Å².